The Bertz CT molecular complexity index is 150. The van der Waals surface area contributed by atoms with Crippen LogP contribution in [-0.4, -0.2) is 6.04 Å². The number of allylic oxidation sites excluding steroid dienone is 2. The molecule has 0 saturated heterocycles. The minimum atomic E-state index is 0.314. The zero-order chi connectivity index (χ0) is 8.69. The number of hydrogen-bond acceptors (Lipinski definition) is 1. The Kier molecular flexibility index (Phi) is 6.96. The third-order valence-electron chi connectivity index (χ3n) is 1.67. The molecule has 2 heteroatoms. The van der Waals surface area contributed by atoms with Crippen LogP contribution in [0.2, 0.25) is 0 Å². The molecule has 0 saturated carbocycles. The van der Waals surface area contributed by atoms with Crippen molar-refractivity contribution in [3.05, 3.63) is 21.8 Å². The van der Waals surface area contributed by atoms with Gasteiger partial charge in [0.15, 0.2) is 0 Å². The van der Waals surface area contributed by atoms with E-state index in [0.717, 1.165) is 12.8 Å². The maximum atomic E-state index is 5.80. The minimum Gasteiger partial charge on any atom is -0.327 e. The van der Waals surface area contributed by atoms with Gasteiger partial charge < -0.3 is 5.73 Å². The van der Waals surface area contributed by atoms with Crippen molar-refractivity contribution in [1.29, 1.82) is 0 Å². The molecule has 2 N–H and O–H groups in total. The van der Waals surface area contributed by atoms with Gasteiger partial charge in [0.25, 0.3) is 0 Å². The van der Waals surface area contributed by atoms with Crippen LogP contribution in [0.4, 0.5) is 0 Å². The summed E-state index contributed by atoms with van der Waals surface area (Å²) < 4.78 is 2.02. The molecule has 0 heterocycles. The van der Waals surface area contributed by atoms with Gasteiger partial charge in [-0.1, -0.05) is 47.2 Å². The van der Waals surface area contributed by atoms with Crippen molar-refractivity contribution in [2.24, 2.45) is 5.73 Å². The van der Waals surface area contributed by atoms with E-state index in [0.29, 0.717) is 6.04 Å². The average Bonchev–Trinajstić information content (AvgIpc) is 2.03. The predicted molar refractivity (Wildman–Crippen MR) is 59.8 cm³/mol. The quantitative estimate of drug-likeness (QED) is 0.613. The fourth-order valence-corrected chi connectivity index (χ4v) is 1.27. The van der Waals surface area contributed by atoms with Crippen LogP contribution in [0.5, 0.6) is 0 Å². The molecular formula is C9H16IN. The molecule has 0 aliphatic carbocycles. The van der Waals surface area contributed by atoms with Crippen molar-refractivity contribution < 1.29 is 0 Å². The molecule has 64 valence electrons. The lowest BCUT2D eigenvalue weighted by Gasteiger charge is -2.08. The summed E-state index contributed by atoms with van der Waals surface area (Å²) >= 11 is 2.22. The van der Waals surface area contributed by atoms with Gasteiger partial charge in [-0.3, -0.25) is 0 Å². The van der Waals surface area contributed by atoms with Gasteiger partial charge in [0.05, 0.1) is 0 Å². The lowest BCUT2D eigenvalue weighted by atomic mass is 10.1. The summed E-state index contributed by atoms with van der Waals surface area (Å²) in [6.45, 7) is 4.17. The number of hydrogen-bond donors (Lipinski definition) is 1. The zero-order valence-corrected chi connectivity index (χ0v) is 9.34. The van der Waals surface area contributed by atoms with E-state index in [4.69, 9.17) is 5.73 Å². The summed E-state index contributed by atoms with van der Waals surface area (Å²) in [6, 6.07) is 0.314. The van der Waals surface area contributed by atoms with Gasteiger partial charge in [0.1, 0.15) is 0 Å². The van der Waals surface area contributed by atoms with E-state index >= 15 is 0 Å². The first-order chi connectivity index (χ1) is 5.24. The van der Waals surface area contributed by atoms with Gasteiger partial charge in [0.2, 0.25) is 0 Å². The summed E-state index contributed by atoms with van der Waals surface area (Å²) in [5, 5.41) is 0. The molecule has 0 amide bonds. The molecule has 0 bridgehead atoms. The second-order valence-electron chi connectivity index (χ2n) is 2.53. The third-order valence-corrected chi connectivity index (χ3v) is 2.03. The first-order valence-corrected chi connectivity index (χ1v) is 5.16. The minimum absolute atomic E-state index is 0.314. The molecule has 0 radical (unpaired) electrons. The molecule has 0 rings (SSSR count). The normalized spacial score (nSPS) is 15.8. The first kappa shape index (κ1) is 11.2. The Balaban J connectivity index is 3.89. The van der Waals surface area contributed by atoms with Gasteiger partial charge in [-0.2, -0.15) is 0 Å². The van der Waals surface area contributed by atoms with Crippen LogP contribution in [0, 0.1) is 0 Å². The molecular weight excluding hydrogens is 249 g/mol. The zero-order valence-electron chi connectivity index (χ0n) is 7.18. The molecule has 0 aliphatic rings. The topological polar surface area (TPSA) is 26.0 Å². The highest BCUT2D eigenvalue weighted by atomic mass is 127. The Hall–Kier alpha value is 0.170. The molecule has 0 unspecified atom stereocenters. The van der Waals surface area contributed by atoms with E-state index in [-0.39, 0.29) is 0 Å². The van der Waals surface area contributed by atoms with Crippen molar-refractivity contribution in [1.82, 2.24) is 0 Å². The van der Waals surface area contributed by atoms with Crippen LogP contribution < -0.4 is 5.73 Å². The van der Waals surface area contributed by atoms with E-state index in [9.17, 15) is 0 Å². The van der Waals surface area contributed by atoms with Crippen LogP contribution in [0.25, 0.3) is 0 Å². The summed E-state index contributed by atoms with van der Waals surface area (Å²) in [5.41, 5.74) is 7.13. The Morgan fingerprint density at radius 2 is 2.27 bits per heavy atom. The Morgan fingerprint density at radius 3 is 2.64 bits per heavy atom. The third kappa shape index (κ3) is 5.44. The standard InChI is InChI=1S/C9H16IN/c1-3-8(5-6-10)7-9(11)4-2/h3,5-6,9H,4,7,11H2,1-2H3/b6-5-,8-3-/t9-/m1/s1. The molecule has 0 aromatic heterocycles. The number of rotatable bonds is 4. The highest BCUT2D eigenvalue weighted by molar-refractivity contribution is 14.1. The molecule has 0 aliphatic heterocycles. The Morgan fingerprint density at radius 1 is 1.64 bits per heavy atom. The van der Waals surface area contributed by atoms with Crippen LogP contribution in [-0.2, 0) is 0 Å². The van der Waals surface area contributed by atoms with Gasteiger partial charge in [-0.15, -0.1) is 0 Å². The van der Waals surface area contributed by atoms with Crippen molar-refractivity contribution in [2.45, 2.75) is 32.7 Å². The summed E-state index contributed by atoms with van der Waals surface area (Å²) in [4.78, 5) is 0. The summed E-state index contributed by atoms with van der Waals surface area (Å²) in [6.07, 6.45) is 6.26. The van der Waals surface area contributed by atoms with E-state index in [1.807, 2.05) is 11.0 Å². The molecule has 1 nitrogen and oxygen atoms in total. The second-order valence-corrected chi connectivity index (χ2v) is 3.25. The van der Waals surface area contributed by atoms with Crippen LogP contribution >= 0.6 is 22.6 Å². The monoisotopic (exact) mass is 265 g/mol. The van der Waals surface area contributed by atoms with Gasteiger partial charge >= 0.3 is 0 Å². The number of nitrogens with two attached hydrogens (primary N) is 1. The highest BCUT2D eigenvalue weighted by Gasteiger charge is 1.99. The Labute approximate surface area is 82.9 Å². The predicted octanol–water partition coefficient (Wildman–Crippen LogP) is 3.01. The summed E-state index contributed by atoms with van der Waals surface area (Å²) in [7, 11) is 0. The van der Waals surface area contributed by atoms with Crippen LogP contribution in [0.15, 0.2) is 21.8 Å². The lowest BCUT2D eigenvalue weighted by Crippen LogP contribution is -2.18. The van der Waals surface area contributed by atoms with Crippen molar-refractivity contribution in [3.8, 4) is 0 Å². The van der Waals surface area contributed by atoms with E-state index in [1.54, 1.807) is 0 Å². The van der Waals surface area contributed by atoms with E-state index < -0.39 is 0 Å². The molecule has 1 atom stereocenters. The number of halogens is 1. The molecule has 0 aromatic rings. The van der Waals surface area contributed by atoms with Crippen molar-refractivity contribution in [3.63, 3.8) is 0 Å². The largest absolute Gasteiger partial charge is 0.327 e. The SMILES string of the molecule is C/C=C(/C=C\I)C[C@H](N)CC. The maximum absolute atomic E-state index is 5.80. The van der Waals surface area contributed by atoms with Gasteiger partial charge in [0, 0.05) is 6.04 Å². The fraction of sp³-hybridized carbons (Fsp3) is 0.556. The molecule has 11 heavy (non-hydrogen) atoms. The smallest absolute Gasteiger partial charge is 0.00765 e. The van der Waals surface area contributed by atoms with Gasteiger partial charge in [-0.25, -0.2) is 0 Å². The maximum Gasteiger partial charge on any atom is 0.00765 e. The van der Waals surface area contributed by atoms with Gasteiger partial charge in [-0.05, 0) is 23.8 Å². The molecule has 0 aromatic carbocycles. The average molecular weight is 265 g/mol. The highest BCUT2D eigenvalue weighted by Crippen LogP contribution is 2.08. The van der Waals surface area contributed by atoms with Crippen molar-refractivity contribution >= 4 is 22.6 Å². The van der Waals surface area contributed by atoms with E-state index in [2.05, 4.69) is 41.7 Å². The fourth-order valence-electron chi connectivity index (χ4n) is 0.810. The molecule has 0 spiro atoms. The van der Waals surface area contributed by atoms with E-state index in [1.165, 1.54) is 5.57 Å². The lowest BCUT2D eigenvalue weighted by molar-refractivity contribution is 0.648. The first-order valence-electron chi connectivity index (χ1n) is 3.92. The summed E-state index contributed by atoms with van der Waals surface area (Å²) in [5.74, 6) is 0. The van der Waals surface area contributed by atoms with Crippen LogP contribution in [0.3, 0.4) is 0 Å². The second kappa shape index (κ2) is 6.85. The van der Waals surface area contributed by atoms with Crippen LogP contribution in [0.1, 0.15) is 26.7 Å². The van der Waals surface area contributed by atoms with Crippen molar-refractivity contribution in [2.75, 3.05) is 0 Å². The molecule has 0 fully saturated rings.